The molecule has 0 N–H and O–H groups in total. The summed E-state index contributed by atoms with van der Waals surface area (Å²) in [6.45, 7) is 0. The molecule has 0 unspecified atom stereocenters. The van der Waals surface area contributed by atoms with Crippen molar-refractivity contribution in [3.05, 3.63) is 42.1 Å². The lowest BCUT2D eigenvalue weighted by atomic mass is 10.1. The van der Waals surface area contributed by atoms with Gasteiger partial charge in [-0.05, 0) is 49.9 Å². The molecule has 0 bridgehead atoms. The van der Waals surface area contributed by atoms with Crippen molar-refractivity contribution in [3.63, 3.8) is 0 Å². The number of pyridine rings is 1. The van der Waals surface area contributed by atoms with Crippen LogP contribution >= 0.6 is 0 Å². The monoisotopic (exact) mass is 327 g/mol. The molecule has 0 aliphatic heterocycles. The summed E-state index contributed by atoms with van der Waals surface area (Å²) in [4.78, 5) is 16.5. The Bertz CT molecular complexity index is 706. The van der Waals surface area contributed by atoms with Gasteiger partial charge in [0, 0.05) is 17.8 Å². The van der Waals surface area contributed by atoms with E-state index < -0.39 is 0 Å². The van der Waals surface area contributed by atoms with Gasteiger partial charge in [0.25, 0.3) is 0 Å². The number of hydrogen-bond acceptors (Lipinski definition) is 5. The van der Waals surface area contributed by atoms with Crippen LogP contribution in [0.3, 0.4) is 0 Å². The van der Waals surface area contributed by atoms with Gasteiger partial charge in [-0.2, -0.15) is 0 Å². The number of carbonyl (C=O) groups is 1. The molecule has 5 heteroatoms. The Morgan fingerprint density at radius 2 is 1.88 bits per heavy atom. The van der Waals surface area contributed by atoms with Gasteiger partial charge in [-0.1, -0.05) is 0 Å². The number of nitrogens with zero attached hydrogens (tertiary/aromatic N) is 1. The normalized spacial score (nSPS) is 14.4. The van der Waals surface area contributed by atoms with Crippen LogP contribution in [-0.2, 0) is 4.74 Å². The lowest BCUT2D eigenvalue weighted by molar-refractivity contribution is 0.0317. The molecule has 0 amide bonds. The summed E-state index contributed by atoms with van der Waals surface area (Å²) in [7, 11) is 3.21. The maximum Gasteiger partial charge on any atom is 0.339 e. The second-order valence-corrected chi connectivity index (χ2v) is 5.81. The first-order valence-corrected chi connectivity index (χ1v) is 8.10. The summed E-state index contributed by atoms with van der Waals surface area (Å²) >= 11 is 0. The third-order valence-corrected chi connectivity index (χ3v) is 4.26. The first-order valence-electron chi connectivity index (χ1n) is 8.10. The smallest absolute Gasteiger partial charge is 0.339 e. The van der Waals surface area contributed by atoms with E-state index in [1.165, 1.54) is 0 Å². The summed E-state index contributed by atoms with van der Waals surface area (Å²) in [5, 5.41) is 0. The topological polar surface area (TPSA) is 57.7 Å². The SMILES string of the molecule is COc1ccc(-c2ccc(C(=O)OC3CCCC3)cn2)c(OC)c1. The second-order valence-electron chi connectivity index (χ2n) is 5.81. The van der Waals surface area contributed by atoms with Crippen molar-refractivity contribution >= 4 is 5.97 Å². The third kappa shape index (κ3) is 3.50. The molecule has 5 nitrogen and oxygen atoms in total. The molecule has 1 saturated carbocycles. The van der Waals surface area contributed by atoms with Crippen LogP contribution in [0.5, 0.6) is 11.5 Å². The third-order valence-electron chi connectivity index (χ3n) is 4.26. The van der Waals surface area contributed by atoms with E-state index in [1.54, 1.807) is 38.6 Å². The van der Waals surface area contributed by atoms with Crippen LogP contribution in [0.25, 0.3) is 11.3 Å². The Morgan fingerprint density at radius 1 is 1.08 bits per heavy atom. The van der Waals surface area contributed by atoms with Crippen LogP contribution in [0.2, 0.25) is 0 Å². The number of hydrogen-bond donors (Lipinski definition) is 0. The first kappa shape index (κ1) is 16.3. The van der Waals surface area contributed by atoms with E-state index in [4.69, 9.17) is 14.2 Å². The lowest BCUT2D eigenvalue weighted by Crippen LogP contribution is -2.14. The minimum atomic E-state index is -0.303. The zero-order valence-corrected chi connectivity index (χ0v) is 14.0. The molecular formula is C19H21NO4. The number of aromatic nitrogens is 1. The minimum absolute atomic E-state index is 0.0545. The van der Waals surface area contributed by atoms with Gasteiger partial charge in [0.2, 0.25) is 0 Å². The highest BCUT2D eigenvalue weighted by Gasteiger charge is 2.20. The van der Waals surface area contributed by atoms with Gasteiger partial charge in [0.05, 0.1) is 25.5 Å². The van der Waals surface area contributed by atoms with Gasteiger partial charge in [-0.15, -0.1) is 0 Å². The minimum Gasteiger partial charge on any atom is -0.497 e. The van der Waals surface area contributed by atoms with Crippen molar-refractivity contribution in [3.8, 4) is 22.8 Å². The predicted octanol–water partition coefficient (Wildman–Crippen LogP) is 3.87. The van der Waals surface area contributed by atoms with Crippen LogP contribution in [0.4, 0.5) is 0 Å². The fourth-order valence-electron chi connectivity index (χ4n) is 2.91. The van der Waals surface area contributed by atoms with E-state index in [-0.39, 0.29) is 12.1 Å². The van der Waals surface area contributed by atoms with E-state index in [0.29, 0.717) is 17.1 Å². The molecule has 0 spiro atoms. The average Bonchev–Trinajstić information content (AvgIpc) is 3.14. The van der Waals surface area contributed by atoms with Gasteiger partial charge < -0.3 is 14.2 Å². The molecule has 1 aliphatic rings. The summed E-state index contributed by atoms with van der Waals surface area (Å²) in [6.07, 6.45) is 5.79. The number of methoxy groups -OCH3 is 2. The highest BCUT2D eigenvalue weighted by Crippen LogP contribution is 2.32. The molecule has 1 aliphatic carbocycles. The maximum atomic E-state index is 12.2. The van der Waals surface area contributed by atoms with Crippen LogP contribution in [-0.4, -0.2) is 31.3 Å². The zero-order valence-electron chi connectivity index (χ0n) is 14.0. The Morgan fingerprint density at radius 3 is 2.50 bits per heavy atom. The van der Waals surface area contributed by atoms with Crippen molar-refractivity contribution in [2.45, 2.75) is 31.8 Å². The van der Waals surface area contributed by atoms with E-state index in [1.807, 2.05) is 12.1 Å². The Labute approximate surface area is 141 Å². The number of esters is 1. The number of rotatable bonds is 5. The van der Waals surface area contributed by atoms with Crippen molar-refractivity contribution in [2.75, 3.05) is 14.2 Å². The summed E-state index contributed by atoms with van der Waals surface area (Å²) in [6, 6.07) is 9.08. The summed E-state index contributed by atoms with van der Waals surface area (Å²) < 4.78 is 16.1. The number of benzene rings is 1. The molecule has 1 fully saturated rings. The van der Waals surface area contributed by atoms with E-state index in [0.717, 1.165) is 36.9 Å². The molecule has 0 radical (unpaired) electrons. The second kappa shape index (κ2) is 7.34. The number of carbonyl (C=O) groups excluding carboxylic acids is 1. The molecular weight excluding hydrogens is 306 g/mol. The Kier molecular flexibility index (Phi) is 4.99. The van der Waals surface area contributed by atoms with Crippen LogP contribution < -0.4 is 9.47 Å². The molecule has 1 heterocycles. The van der Waals surface area contributed by atoms with E-state index in [2.05, 4.69) is 4.98 Å². The van der Waals surface area contributed by atoms with Crippen molar-refractivity contribution < 1.29 is 19.0 Å². The maximum absolute atomic E-state index is 12.2. The van der Waals surface area contributed by atoms with Gasteiger partial charge >= 0.3 is 5.97 Å². The van der Waals surface area contributed by atoms with Crippen molar-refractivity contribution in [1.29, 1.82) is 0 Å². The molecule has 3 rings (SSSR count). The highest BCUT2D eigenvalue weighted by molar-refractivity contribution is 5.89. The molecule has 24 heavy (non-hydrogen) atoms. The van der Waals surface area contributed by atoms with Crippen molar-refractivity contribution in [2.24, 2.45) is 0 Å². The molecule has 0 atom stereocenters. The molecule has 0 saturated heterocycles. The quantitative estimate of drug-likeness (QED) is 0.780. The highest BCUT2D eigenvalue weighted by atomic mass is 16.5. The van der Waals surface area contributed by atoms with Crippen LogP contribution in [0.1, 0.15) is 36.0 Å². The Balaban J connectivity index is 1.77. The van der Waals surface area contributed by atoms with E-state index >= 15 is 0 Å². The summed E-state index contributed by atoms with van der Waals surface area (Å²) in [5.74, 6) is 1.08. The molecule has 1 aromatic carbocycles. The van der Waals surface area contributed by atoms with Gasteiger partial charge in [0.1, 0.15) is 17.6 Å². The fraction of sp³-hybridized carbons (Fsp3) is 0.368. The first-order chi connectivity index (χ1) is 11.7. The zero-order chi connectivity index (χ0) is 16.9. The summed E-state index contributed by atoms with van der Waals surface area (Å²) in [5.41, 5.74) is 2.04. The largest absolute Gasteiger partial charge is 0.497 e. The Hall–Kier alpha value is -2.56. The standard InChI is InChI=1S/C19H21NO4/c1-22-15-8-9-16(18(11-15)23-2)17-10-7-13(12-20-17)19(21)24-14-5-3-4-6-14/h7-12,14H,3-6H2,1-2H3. The lowest BCUT2D eigenvalue weighted by Gasteiger charge is -2.12. The molecule has 126 valence electrons. The molecule has 2 aromatic rings. The van der Waals surface area contributed by atoms with Crippen molar-refractivity contribution in [1.82, 2.24) is 4.98 Å². The van der Waals surface area contributed by atoms with Crippen LogP contribution in [0.15, 0.2) is 36.5 Å². The predicted molar refractivity (Wildman–Crippen MR) is 90.4 cm³/mol. The fourth-order valence-corrected chi connectivity index (χ4v) is 2.91. The van der Waals surface area contributed by atoms with Gasteiger partial charge in [0.15, 0.2) is 0 Å². The molecule has 1 aromatic heterocycles. The number of ether oxygens (including phenoxy) is 3. The van der Waals surface area contributed by atoms with Crippen LogP contribution in [0, 0.1) is 0 Å². The van der Waals surface area contributed by atoms with E-state index in [9.17, 15) is 4.79 Å². The average molecular weight is 327 g/mol. The van der Waals surface area contributed by atoms with Gasteiger partial charge in [-0.3, -0.25) is 4.98 Å². The van der Waals surface area contributed by atoms with Gasteiger partial charge in [-0.25, -0.2) is 4.79 Å².